The van der Waals surface area contributed by atoms with Crippen molar-refractivity contribution in [3.8, 4) is 0 Å². The minimum absolute atomic E-state index is 0.509. The highest BCUT2D eigenvalue weighted by molar-refractivity contribution is 7.84. The first kappa shape index (κ1) is 7.66. The Bertz CT molecular complexity index is 184. The lowest BCUT2D eigenvalue weighted by atomic mass is 10.00. The molecule has 0 atom stereocenters. The van der Waals surface area contributed by atoms with Crippen LogP contribution in [0.5, 0.6) is 0 Å². The number of rotatable bonds is 1. The first-order valence-electron chi connectivity index (χ1n) is 3.36. The molecule has 0 aromatic rings. The minimum Gasteiger partial charge on any atom is -0.478 e. The molecule has 0 amide bonds. The fourth-order valence-corrected chi connectivity index (χ4v) is 1.49. The van der Waals surface area contributed by atoms with E-state index in [0.29, 0.717) is 12.0 Å². The van der Waals surface area contributed by atoms with Crippen LogP contribution in [0, 0.1) is 0 Å². The summed E-state index contributed by atoms with van der Waals surface area (Å²) in [7, 11) is 0. The van der Waals surface area contributed by atoms with Crippen molar-refractivity contribution in [2.45, 2.75) is 25.7 Å². The molecule has 1 aliphatic carbocycles. The summed E-state index contributed by atoms with van der Waals surface area (Å²) in [4.78, 5) is 11.2. The van der Waals surface area contributed by atoms with E-state index >= 15 is 0 Å². The van der Waals surface area contributed by atoms with Gasteiger partial charge in [-0.25, -0.2) is 4.79 Å². The number of hydrogen-bond acceptors (Lipinski definition) is 2. The smallest absolute Gasteiger partial charge is 0.332 e. The van der Waals surface area contributed by atoms with Gasteiger partial charge in [0.15, 0.2) is 0 Å². The van der Waals surface area contributed by atoms with Crippen molar-refractivity contribution in [2.75, 3.05) is 0 Å². The second-order valence-electron chi connectivity index (χ2n) is 2.44. The zero-order valence-corrected chi connectivity index (χ0v) is 6.53. The summed E-state index contributed by atoms with van der Waals surface area (Å²) in [6.45, 7) is 0. The molecule has 0 spiro atoms. The summed E-state index contributed by atoms with van der Waals surface area (Å²) in [6.07, 6.45) is 3.60. The predicted molar refractivity (Wildman–Crippen MR) is 42.1 cm³/mol. The van der Waals surface area contributed by atoms with Gasteiger partial charge in [-0.1, -0.05) is 0 Å². The summed E-state index contributed by atoms with van der Waals surface area (Å²) in [5.74, 6) is -0.801. The summed E-state index contributed by atoms with van der Waals surface area (Å²) in [5, 5.41) is 8.60. The van der Waals surface area contributed by atoms with Crippen molar-refractivity contribution >= 4 is 18.6 Å². The van der Waals surface area contributed by atoms with Crippen molar-refractivity contribution in [1.29, 1.82) is 0 Å². The fourth-order valence-electron chi connectivity index (χ4n) is 1.12. The van der Waals surface area contributed by atoms with Crippen LogP contribution < -0.4 is 0 Å². The van der Waals surface area contributed by atoms with Crippen molar-refractivity contribution in [3.05, 3.63) is 10.5 Å². The van der Waals surface area contributed by atoms with Crippen molar-refractivity contribution in [3.63, 3.8) is 0 Å². The number of carboxylic acid groups (broad SMARTS) is 1. The van der Waals surface area contributed by atoms with Gasteiger partial charge in [0.05, 0.1) is 0 Å². The number of hydrogen-bond donors (Lipinski definition) is 2. The van der Waals surface area contributed by atoms with E-state index < -0.39 is 5.97 Å². The van der Waals surface area contributed by atoms with Crippen LogP contribution in [-0.2, 0) is 4.79 Å². The van der Waals surface area contributed by atoms with Gasteiger partial charge in [0, 0.05) is 5.57 Å². The fraction of sp³-hybridized carbons (Fsp3) is 0.571. The molecule has 1 aliphatic rings. The molecule has 0 aromatic carbocycles. The van der Waals surface area contributed by atoms with Crippen LogP contribution in [0.1, 0.15) is 25.7 Å². The van der Waals surface area contributed by atoms with E-state index in [1.54, 1.807) is 0 Å². The van der Waals surface area contributed by atoms with Gasteiger partial charge in [-0.15, -0.1) is 12.6 Å². The quantitative estimate of drug-likeness (QED) is 0.571. The monoisotopic (exact) mass is 158 g/mol. The molecule has 0 radical (unpaired) electrons. The first-order chi connectivity index (χ1) is 4.72. The van der Waals surface area contributed by atoms with Crippen molar-refractivity contribution in [1.82, 2.24) is 0 Å². The summed E-state index contributed by atoms with van der Waals surface area (Å²) >= 11 is 4.09. The Morgan fingerprint density at radius 2 is 2.00 bits per heavy atom. The van der Waals surface area contributed by atoms with Gasteiger partial charge in [0.25, 0.3) is 0 Å². The van der Waals surface area contributed by atoms with Crippen LogP contribution in [0.15, 0.2) is 10.5 Å². The number of aliphatic carboxylic acids is 1. The number of thiol groups is 1. The van der Waals surface area contributed by atoms with E-state index in [-0.39, 0.29) is 0 Å². The molecule has 1 N–H and O–H groups in total. The van der Waals surface area contributed by atoms with Gasteiger partial charge in [-0.2, -0.15) is 0 Å². The van der Waals surface area contributed by atoms with Gasteiger partial charge < -0.3 is 5.11 Å². The SMILES string of the molecule is O=C(O)C1=C(S)CCCC1. The summed E-state index contributed by atoms with van der Waals surface area (Å²) in [6, 6.07) is 0. The van der Waals surface area contributed by atoms with Gasteiger partial charge in [0.2, 0.25) is 0 Å². The van der Waals surface area contributed by atoms with Crippen molar-refractivity contribution in [2.24, 2.45) is 0 Å². The van der Waals surface area contributed by atoms with Crippen LogP contribution in [0.25, 0.3) is 0 Å². The second kappa shape index (κ2) is 3.10. The molecule has 0 aliphatic heterocycles. The maximum absolute atomic E-state index is 10.5. The standard InChI is InChI=1S/C7H10O2S/c8-7(9)5-3-1-2-4-6(5)10/h10H,1-4H2,(H,8,9). The minimum atomic E-state index is -0.801. The van der Waals surface area contributed by atoms with Gasteiger partial charge in [-0.05, 0) is 30.6 Å². The lowest BCUT2D eigenvalue weighted by Gasteiger charge is -2.12. The Balaban J connectivity index is 2.78. The molecular formula is C7H10O2S. The van der Waals surface area contributed by atoms with E-state index in [9.17, 15) is 4.79 Å². The predicted octanol–water partition coefficient (Wildman–Crippen LogP) is 1.83. The molecule has 2 nitrogen and oxygen atoms in total. The van der Waals surface area contributed by atoms with Gasteiger partial charge >= 0.3 is 5.97 Å². The largest absolute Gasteiger partial charge is 0.478 e. The van der Waals surface area contributed by atoms with E-state index in [0.717, 1.165) is 24.2 Å². The highest BCUT2D eigenvalue weighted by Crippen LogP contribution is 2.26. The third-order valence-corrected chi connectivity index (χ3v) is 2.19. The van der Waals surface area contributed by atoms with E-state index in [1.807, 2.05) is 0 Å². The summed E-state index contributed by atoms with van der Waals surface area (Å²) < 4.78 is 0. The zero-order chi connectivity index (χ0) is 7.56. The second-order valence-corrected chi connectivity index (χ2v) is 2.98. The molecule has 0 aromatic heterocycles. The average molecular weight is 158 g/mol. The van der Waals surface area contributed by atoms with E-state index in [4.69, 9.17) is 5.11 Å². The van der Waals surface area contributed by atoms with Crippen molar-refractivity contribution < 1.29 is 9.90 Å². The Kier molecular flexibility index (Phi) is 2.38. The Hall–Kier alpha value is -0.440. The molecule has 0 fully saturated rings. The van der Waals surface area contributed by atoms with Crippen LogP contribution in [0.3, 0.4) is 0 Å². The Morgan fingerprint density at radius 3 is 2.40 bits per heavy atom. The highest BCUT2D eigenvalue weighted by atomic mass is 32.1. The third-order valence-electron chi connectivity index (χ3n) is 1.70. The summed E-state index contributed by atoms with van der Waals surface area (Å²) in [5.41, 5.74) is 0.509. The lowest BCUT2D eigenvalue weighted by molar-refractivity contribution is -0.132. The zero-order valence-electron chi connectivity index (χ0n) is 5.63. The molecule has 3 heteroatoms. The number of carboxylic acids is 1. The lowest BCUT2D eigenvalue weighted by Crippen LogP contribution is -2.06. The molecule has 56 valence electrons. The molecule has 0 saturated carbocycles. The molecule has 0 unspecified atom stereocenters. The molecule has 10 heavy (non-hydrogen) atoms. The number of carbonyl (C=O) groups is 1. The molecule has 0 bridgehead atoms. The molecular weight excluding hydrogens is 148 g/mol. The van der Waals surface area contributed by atoms with Crippen LogP contribution in [0.4, 0.5) is 0 Å². The topological polar surface area (TPSA) is 37.3 Å². The van der Waals surface area contributed by atoms with Crippen LogP contribution >= 0.6 is 12.6 Å². The first-order valence-corrected chi connectivity index (χ1v) is 3.81. The third kappa shape index (κ3) is 1.53. The Morgan fingerprint density at radius 1 is 1.40 bits per heavy atom. The maximum atomic E-state index is 10.5. The van der Waals surface area contributed by atoms with E-state index in [1.165, 1.54) is 0 Å². The normalized spacial score (nSPS) is 19.3. The average Bonchev–Trinajstić information content (AvgIpc) is 1.88. The highest BCUT2D eigenvalue weighted by Gasteiger charge is 2.15. The van der Waals surface area contributed by atoms with Gasteiger partial charge in [0.1, 0.15) is 0 Å². The van der Waals surface area contributed by atoms with E-state index in [2.05, 4.69) is 12.6 Å². The van der Waals surface area contributed by atoms with Gasteiger partial charge in [-0.3, -0.25) is 0 Å². The molecule has 0 heterocycles. The van der Waals surface area contributed by atoms with Crippen LogP contribution in [0.2, 0.25) is 0 Å². The van der Waals surface area contributed by atoms with Crippen LogP contribution in [-0.4, -0.2) is 11.1 Å². The molecule has 0 saturated heterocycles. The number of allylic oxidation sites excluding steroid dienone is 1. The Labute approximate surface area is 65.3 Å². The maximum Gasteiger partial charge on any atom is 0.332 e. The molecule has 1 rings (SSSR count).